The van der Waals surface area contributed by atoms with Crippen LogP contribution in [0.5, 0.6) is 0 Å². The molecule has 1 heterocycles. The highest BCUT2D eigenvalue weighted by Gasteiger charge is 2.21. The SMILES string of the molecule is CCc1cccc(-c2cnc(C(=O)OC)c(NC(=O)OC(C)(C)C)c2)c1. The predicted molar refractivity (Wildman–Crippen MR) is 100 cm³/mol. The van der Waals surface area contributed by atoms with E-state index in [2.05, 4.69) is 17.2 Å². The molecule has 1 N–H and O–H groups in total. The third-order valence-corrected chi connectivity index (χ3v) is 3.57. The van der Waals surface area contributed by atoms with Crippen LogP contribution >= 0.6 is 0 Å². The van der Waals surface area contributed by atoms with Crippen molar-refractivity contribution in [3.63, 3.8) is 0 Å². The van der Waals surface area contributed by atoms with E-state index in [1.54, 1.807) is 33.0 Å². The second-order valence-electron chi connectivity index (χ2n) is 6.79. The molecule has 0 aliphatic rings. The van der Waals surface area contributed by atoms with Crippen molar-refractivity contribution in [2.45, 2.75) is 39.7 Å². The molecule has 6 nitrogen and oxygen atoms in total. The van der Waals surface area contributed by atoms with Crippen LogP contribution < -0.4 is 5.32 Å². The molecule has 0 aliphatic carbocycles. The molecule has 26 heavy (non-hydrogen) atoms. The van der Waals surface area contributed by atoms with E-state index in [9.17, 15) is 9.59 Å². The molecule has 0 radical (unpaired) electrons. The summed E-state index contributed by atoms with van der Waals surface area (Å²) in [6.07, 6.45) is 1.83. The van der Waals surface area contributed by atoms with Crippen molar-refractivity contribution in [1.82, 2.24) is 4.98 Å². The largest absolute Gasteiger partial charge is 0.464 e. The van der Waals surface area contributed by atoms with Crippen molar-refractivity contribution < 1.29 is 19.1 Å². The number of methoxy groups -OCH3 is 1. The summed E-state index contributed by atoms with van der Waals surface area (Å²) in [5, 5.41) is 2.60. The Balaban J connectivity index is 2.41. The number of ether oxygens (including phenoxy) is 2. The number of anilines is 1. The summed E-state index contributed by atoms with van der Waals surface area (Å²) in [6.45, 7) is 7.36. The standard InChI is InChI=1S/C20H24N2O4/c1-6-13-8-7-9-14(10-13)15-11-16(17(21-12-15)18(23)25-5)22-19(24)26-20(2,3)4/h7-12H,6H2,1-5H3,(H,22,24). The van der Waals surface area contributed by atoms with Crippen LogP contribution in [0.1, 0.15) is 43.7 Å². The van der Waals surface area contributed by atoms with E-state index in [1.165, 1.54) is 12.7 Å². The number of carbonyl (C=O) groups excluding carboxylic acids is 2. The minimum atomic E-state index is -0.663. The number of rotatable bonds is 4. The van der Waals surface area contributed by atoms with Crippen LogP contribution in [0, 0.1) is 0 Å². The molecule has 0 saturated carbocycles. The van der Waals surface area contributed by atoms with Crippen molar-refractivity contribution in [1.29, 1.82) is 0 Å². The number of esters is 1. The van der Waals surface area contributed by atoms with E-state index >= 15 is 0 Å². The lowest BCUT2D eigenvalue weighted by Crippen LogP contribution is -2.28. The molecule has 1 aromatic heterocycles. The number of aromatic nitrogens is 1. The number of amides is 1. The number of carbonyl (C=O) groups is 2. The summed E-state index contributed by atoms with van der Waals surface area (Å²) >= 11 is 0. The Morgan fingerprint density at radius 1 is 1.15 bits per heavy atom. The highest BCUT2D eigenvalue weighted by molar-refractivity contribution is 5.99. The lowest BCUT2D eigenvalue weighted by Gasteiger charge is -2.20. The fourth-order valence-electron chi connectivity index (χ4n) is 2.36. The molecule has 0 unspecified atom stereocenters. The Labute approximate surface area is 153 Å². The van der Waals surface area contributed by atoms with Gasteiger partial charge in [0.15, 0.2) is 5.69 Å². The fraction of sp³-hybridized carbons (Fsp3) is 0.350. The van der Waals surface area contributed by atoms with Gasteiger partial charge in [-0.2, -0.15) is 0 Å². The van der Waals surface area contributed by atoms with Gasteiger partial charge in [0.05, 0.1) is 12.8 Å². The first kappa shape index (κ1) is 19.4. The summed E-state index contributed by atoms with van der Waals surface area (Å²) in [7, 11) is 1.26. The Kier molecular flexibility index (Phi) is 5.97. The number of nitrogens with one attached hydrogen (secondary N) is 1. The quantitative estimate of drug-likeness (QED) is 0.819. The van der Waals surface area contributed by atoms with E-state index in [1.807, 2.05) is 24.3 Å². The highest BCUT2D eigenvalue weighted by atomic mass is 16.6. The first-order valence-electron chi connectivity index (χ1n) is 8.41. The van der Waals surface area contributed by atoms with Crippen molar-refractivity contribution in [2.75, 3.05) is 12.4 Å². The Morgan fingerprint density at radius 3 is 2.50 bits per heavy atom. The number of aryl methyl sites for hydroxylation is 1. The molecule has 138 valence electrons. The van der Waals surface area contributed by atoms with Gasteiger partial charge in [-0.25, -0.2) is 14.6 Å². The van der Waals surface area contributed by atoms with E-state index in [0.29, 0.717) is 0 Å². The van der Waals surface area contributed by atoms with Crippen molar-refractivity contribution >= 4 is 17.7 Å². The molecule has 0 fully saturated rings. The van der Waals surface area contributed by atoms with Gasteiger partial charge in [0.2, 0.25) is 0 Å². The zero-order chi connectivity index (χ0) is 19.3. The predicted octanol–water partition coefficient (Wildman–Crippen LogP) is 4.44. The summed E-state index contributed by atoms with van der Waals surface area (Å²) in [5.41, 5.74) is 2.51. The molecular weight excluding hydrogens is 332 g/mol. The zero-order valence-corrected chi connectivity index (χ0v) is 15.8. The molecule has 6 heteroatoms. The molecule has 0 aliphatic heterocycles. The summed E-state index contributed by atoms with van der Waals surface area (Å²) < 4.78 is 10.0. The zero-order valence-electron chi connectivity index (χ0n) is 15.8. The molecule has 0 bridgehead atoms. The number of hydrogen-bond acceptors (Lipinski definition) is 5. The van der Waals surface area contributed by atoms with Gasteiger partial charge in [-0.3, -0.25) is 5.32 Å². The van der Waals surface area contributed by atoms with Gasteiger partial charge in [-0.05, 0) is 44.4 Å². The van der Waals surface area contributed by atoms with Crippen LogP contribution in [-0.4, -0.2) is 29.8 Å². The minimum absolute atomic E-state index is 0.0220. The first-order valence-corrected chi connectivity index (χ1v) is 8.41. The third-order valence-electron chi connectivity index (χ3n) is 3.57. The summed E-state index contributed by atoms with van der Waals surface area (Å²) in [6, 6.07) is 9.69. The van der Waals surface area contributed by atoms with E-state index in [-0.39, 0.29) is 11.4 Å². The highest BCUT2D eigenvalue weighted by Crippen LogP contribution is 2.26. The van der Waals surface area contributed by atoms with Crippen LogP contribution in [0.2, 0.25) is 0 Å². The topological polar surface area (TPSA) is 77.5 Å². The smallest absolute Gasteiger partial charge is 0.412 e. The lowest BCUT2D eigenvalue weighted by atomic mass is 10.0. The Hall–Kier alpha value is -2.89. The van der Waals surface area contributed by atoms with E-state index < -0.39 is 17.7 Å². The van der Waals surface area contributed by atoms with Crippen LogP contribution in [0.15, 0.2) is 36.5 Å². The molecule has 2 aromatic rings. The second-order valence-corrected chi connectivity index (χ2v) is 6.79. The van der Waals surface area contributed by atoms with Crippen LogP contribution in [-0.2, 0) is 15.9 Å². The average Bonchev–Trinajstić information content (AvgIpc) is 2.59. The van der Waals surface area contributed by atoms with Gasteiger partial charge in [-0.1, -0.05) is 31.2 Å². The fourth-order valence-corrected chi connectivity index (χ4v) is 2.36. The summed E-state index contributed by atoms with van der Waals surface area (Å²) in [5.74, 6) is -0.634. The lowest BCUT2D eigenvalue weighted by molar-refractivity contribution is 0.0595. The van der Waals surface area contributed by atoms with E-state index in [0.717, 1.165) is 17.5 Å². The van der Waals surface area contributed by atoms with Crippen LogP contribution in [0.4, 0.5) is 10.5 Å². The van der Waals surface area contributed by atoms with Gasteiger partial charge in [0.25, 0.3) is 0 Å². The number of pyridine rings is 1. The number of nitrogens with zero attached hydrogens (tertiary/aromatic N) is 1. The Morgan fingerprint density at radius 2 is 1.88 bits per heavy atom. The van der Waals surface area contributed by atoms with Crippen molar-refractivity contribution in [3.8, 4) is 11.1 Å². The van der Waals surface area contributed by atoms with Crippen LogP contribution in [0.3, 0.4) is 0 Å². The molecule has 0 spiro atoms. The van der Waals surface area contributed by atoms with Gasteiger partial charge >= 0.3 is 12.1 Å². The first-order chi connectivity index (χ1) is 12.2. The maximum absolute atomic E-state index is 12.1. The monoisotopic (exact) mass is 356 g/mol. The molecule has 1 aromatic carbocycles. The maximum atomic E-state index is 12.1. The van der Waals surface area contributed by atoms with Gasteiger partial charge in [0.1, 0.15) is 5.60 Å². The molecule has 1 amide bonds. The molecular formula is C20H24N2O4. The molecule has 0 saturated heterocycles. The van der Waals surface area contributed by atoms with Gasteiger partial charge < -0.3 is 9.47 Å². The third kappa shape index (κ3) is 5.05. The Bertz CT molecular complexity index is 810. The average molecular weight is 356 g/mol. The minimum Gasteiger partial charge on any atom is -0.464 e. The summed E-state index contributed by atoms with van der Waals surface area (Å²) in [4.78, 5) is 28.3. The van der Waals surface area contributed by atoms with Crippen LogP contribution in [0.25, 0.3) is 11.1 Å². The number of benzene rings is 1. The number of hydrogen-bond donors (Lipinski definition) is 1. The second kappa shape index (κ2) is 7.99. The van der Waals surface area contributed by atoms with Gasteiger partial charge in [-0.15, -0.1) is 0 Å². The maximum Gasteiger partial charge on any atom is 0.412 e. The van der Waals surface area contributed by atoms with Crippen molar-refractivity contribution in [3.05, 3.63) is 47.8 Å². The molecule has 0 atom stereocenters. The van der Waals surface area contributed by atoms with Gasteiger partial charge in [0, 0.05) is 11.8 Å². The normalized spacial score (nSPS) is 11.0. The van der Waals surface area contributed by atoms with E-state index in [4.69, 9.17) is 9.47 Å². The molecule has 2 rings (SSSR count). The van der Waals surface area contributed by atoms with Crippen molar-refractivity contribution in [2.24, 2.45) is 0 Å².